The van der Waals surface area contributed by atoms with Crippen LogP contribution in [0.5, 0.6) is 5.75 Å². The lowest BCUT2D eigenvalue weighted by atomic mass is 10.2. The van der Waals surface area contributed by atoms with E-state index in [0.29, 0.717) is 25.7 Å². The Morgan fingerprint density at radius 3 is 2.84 bits per heavy atom. The second kappa shape index (κ2) is 8.34. The van der Waals surface area contributed by atoms with Crippen molar-refractivity contribution in [2.45, 2.75) is 6.54 Å². The molecule has 6 nitrogen and oxygen atoms in total. The number of rotatable bonds is 6. The van der Waals surface area contributed by atoms with Crippen molar-refractivity contribution in [3.8, 4) is 5.75 Å². The molecule has 0 unspecified atom stereocenters. The van der Waals surface area contributed by atoms with Gasteiger partial charge in [0.1, 0.15) is 5.75 Å². The fourth-order valence-corrected chi connectivity index (χ4v) is 1.64. The molecule has 1 aromatic carbocycles. The van der Waals surface area contributed by atoms with Crippen molar-refractivity contribution in [1.29, 1.82) is 0 Å². The zero-order valence-corrected chi connectivity index (χ0v) is 11.7. The summed E-state index contributed by atoms with van der Waals surface area (Å²) in [6, 6.07) is 7.89. The first kappa shape index (κ1) is 15.3. The maximum atomic E-state index is 5.48. The average Bonchev–Trinajstić information content (AvgIpc) is 2.43. The van der Waals surface area contributed by atoms with Crippen LogP contribution >= 0.6 is 0 Å². The minimum atomic E-state index is 0.568. The first-order valence-electron chi connectivity index (χ1n) is 6.05. The molecule has 1 aromatic rings. The highest BCUT2D eigenvalue weighted by Crippen LogP contribution is 2.13. The summed E-state index contributed by atoms with van der Waals surface area (Å²) in [5, 5.41) is 0. The van der Waals surface area contributed by atoms with Crippen molar-refractivity contribution in [3.05, 3.63) is 29.8 Å². The van der Waals surface area contributed by atoms with Gasteiger partial charge in [0, 0.05) is 20.7 Å². The molecule has 0 spiro atoms. The van der Waals surface area contributed by atoms with Gasteiger partial charge in [-0.1, -0.05) is 12.1 Å². The molecule has 0 aliphatic rings. The van der Waals surface area contributed by atoms with Gasteiger partial charge in [-0.2, -0.15) is 0 Å². The lowest BCUT2D eigenvalue weighted by Crippen LogP contribution is -2.42. The zero-order valence-electron chi connectivity index (χ0n) is 11.7. The number of aliphatic imine (C=N–C) groups is 1. The molecule has 1 rings (SSSR count). The number of methoxy groups -OCH3 is 2. The number of hydrogen-bond acceptors (Lipinski definition) is 4. The smallest absolute Gasteiger partial charge is 0.208 e. The molecule has 0 aliphatic heterocycles. The number of nitrogens with zero attached hydrogens (tertiary/aromatic N) is 2. The Balaban J connectivity index is 2.65. The first-order valence-corrected chi connectivity index (χ1v) is 6.05. The van der Waals surface area contributed by atoms with Crippen LogP contribution in [0.1, 0.15) is 5.56 Å². The van der Waals surface area contributed by atoms with Crippen LogP contribution in [0.4, 0.5) is 0 Å². The first-order chi connectivity index (χ1) is 9.21. The maximum absolute atomic E-state index is 5.48. The predicted octanol–water partition coefficient (Wildman–Crippen LogP) is 0.593. The van der Waals surface area contributed by atoms with Crippen molar-refractivity contribution in [1.82, 2.24) is 10.3 Å². The van der Waals surface area contributed by atoms with Crippen LogP contribution < -0.4 is 16.0 Å². The Morgan fingerprint density at radius 1 is 1.42 bits per heavy atom. The van der Waals surface area contributed by atoms with E-state index < -0.39 is 0 Å². The van der Waals surface area contributed by atoms with E-state index >= 15 is 0 Å². The molecule has 0 aromatic heterocycles. The summed E-state index contributed by atoms with van der Waals surface area (Å²) in [5.41, 5.74) is 3.72. The minimum absolute atomic E-state index is 0.568. The van der Waals surface area contributed by atoms with Crippen LogP contribution in [0.25, 0.3) is 0 Å². The molecule has 6 heteroatoms. The van der Waals surface area contributed by atoms with Gasteiger partial charge < -0.3 is 14.4 Å². The molecule has 0 radical (unpaired) electrons. The highest BCUT2D eigenvalue weighted by molar-refractivity contribution is 5.79. The second-order valence-electron chi connectivity index (χ2n) is 4.05. The quantitative estimate of drug-likeness (QED) is 0.259. The standard InChI is InChI=1S/C13H22N4O2/c1-17(13(16-14)15-7-8-18-2)10-11-5-4-6-12(9-11)19-3/h4-6,9H,7-8,10,14H2,1-3H3,(H,15,16). The van der Waals surface area contributed by atoms with Crippen LogP contribution in [-0.2, 0) is 11.3 Å². The molecule has 106 valence electrons. The second-order valence-corrected chi connectivity index (χ2v) is 4.05. The van der Waals surface area contributed by atoms with Crippen LogP contribution in [0.15, 0.2) is 29.3 Å². The van der Waals surface area contributed by atoms with Gasteiger partial charge in [0.15, 0.2) is 0 Å². The van der Waals surface area contributed by atoms with E-state index in [2.05, 4.69) is 10.4 Å². The van der Waals surface area contributed by atoms with E-state index in [0.717, 1.165) is 11.3 Å². The molecular formula is C13H22N4O2. The molecule has 0 aliphatic carbocycles. The fourth-order valence-electron chi connectivity index (χ4n) is 1.64. The lowest BCUT2D eigenvalue weighted by molar-refractivity contribution is 0.207. The Hall–Kier alpha value is -1.79. The summed E-state index contributed by atoms with van der Waals surface area (Å²) >= 11 is 0. The number of guanidine groups is 1. The summed E-state index contributed by atoms with van der Waals surface area (Å²) in [4.78, 5) is 6.26. The van der Waals surface area contributed by atoms with Gasteiger partial charge in [0.2, 0.25) is 5.96 Å². The van der Waals surface area contributed by atoms with Crippen LogP contribution in [0, 0.1) is 0 Å². The third-order valence-electron chi connectivity index (χ3n) is 2.60. The van der Waals surface area contributed by atoms with E-state index in [1.165, 1.54) is 0 Å². The highest BCUT2D eigenvalue weighted by atomic mass is 16.5. The van der Waals surface area contributed by atoms with Gasteiger partial charge in [0.25, 0.3) is 0 Å². The highest BCUT2D eigenvalue weighted by Gasteiger charge is 2.06. The SMILES string of the molecule is COCCN=C(NN)N(C)Cc1cccc(OC)c1. The Kier molecular flexibility index (Phi) is 6.70. The lowest BCUT2D eigenvalue weighted by Gasteiger charge is -2.21. The summed E-state index contributed by atoms with van der Waals surface area (Å²) in [6.07, 6.45) is 0. The Labute approximate surface area is 114 Å². The Morgan fingerprint density at radius 2 is 2.21 bits per heavy atom. The van der Waals surface area contributed by atoms with E-state index in [9.17, 15) is 0 Å². The van der Waals surface area contributed by atoms with Crippen molar-refractivity contribution in [2.75, 3.05) is 34.4 Å². The molecule has 3 N–H and O–H groups in total. The average molecular weight is 266 g/mol. The molecule has 0 heterocycles. The van der Waals surface area contributed by atoms with Crippen molar-refractivity contribution in [2.24, 2.45) is 10.8 Å². The summed E-state index contributed by atoms with van der Waals surface area (Å²) in [5.74, 6) is 6.94. The van der Waals surface area contributed by atoms with Gasteiger partial charge in [-0.25, -0.2) is 10.8 Å². The topological polar surface area (TPSA) is 72.1 Å². The largest absolute Gasteiger partial charge is 0.497 e. The monoisotopic (exact) mass is 266 g/mol. The van der Waals surface area contributed by atoms with E-state index in [1.807, 2.05) is 36.2 Å². The molecule has 0 saturated heterocycles. The summed E-state index contributed by atoms with van der Waals surface area (Å²) in [6.45, 7) is 1.82. The normalized spacial score (nSPS) is 11.3. The number of hydrazine groups is 1. The van der Waals surface area contributed by atoms with Gasteiger partial charge in [-0.15, -0.1) is 0 Å². The van der Waals surface area contributed by atoms with Gasteiger partial charge >= 0.3 is 0 Å². The molecule has 0 amide bonds. The number of nitrogens with one attached hydrogen (secondary N) is 1. The van der Waals surface area contributed by atoms with E-state index in [-0.39, 0.29) is 0 Å². The van der Waals surface area contributed by atoms with Crippen LogP contribution in [0.3, 0.4) is 0 Å². The third kappa shape index (κ3) is 5.15. The Bertz CT molecular complexity index is 409. The molecule has 0 bridgehead atoms. The van der Waals surface area contributed by atoms with Gasteiger partial charge in [-0.3, -0.25) is 5.43 Å². The van der Waals surface area contributed by atoms with Crippen LogP contribution in [-0.4, -0.2) is 45.3 Å². The fraction of sp³-hybridized carbons (Fsp3) is 0.462. The predicted molar refractivity (Wildman–Crippen MR) is 76.0 cm³/mol. The molecular weight excluding hydrogens is 244 g/mol. The summed E-state index contributed by atoms with van der Waals surface area (Å²) in [7, 11) is 5.22. The van der Waals surface area contributed by atoms with Crippen molar-refractivity contribution < 1.29 is 9.47 Å². The number of hydrogen-bond donors (Lipinski definition) is 2. The van der Waals surface area contributed by atoms with Gasteiger partial charge in [-0.05, 0) is 17.7 Å². The molecule has 0 saturated carbocycles. The molecule has 0 fully saturated rings. The van der Waals surface area contributed by atoms with Crippen LogP contribution in [0.2, 0.25) is 0 Å². The zero-order chi connectivity index (χ0) is 14.1. The van der Waals surface area contributed by atoms with Gasteiger partial charge in [0.05, 0.1) is 20.3 Å². The molecule has 0 atom stereocenters. The number of nitrogens with two attached hydrogens (primary N) is 1. The van der Waals surface area contributed by atoms with E-state index in [4.69, 9.17) is 15.3 Å². The maximum Gasteiger partial charge on any atom is 0.208 e. The third-order valence-corrected chi connectivity index (χ3v) is 2.60. The summed E-state index contributed by atoms with van der Waals surface area (Å²) < 4.78 is 10.2. The number of benzene rings is 1. The number of ether oxygens (including phenoxy) is 2. The van der Waals surface area contributed by atoms with Crippen molar-refractivity contribution >= 4 is 5.96 Å². The van der Waals surface area contributed by atoms with Crippen molar-refractivity contribution in [3.63, 3.8) is 0 Å². The van der Waals surface area contributed by atoms with E-state index in [1.54, 1.807) is 14.2 Å². The molecule has 19 heavy (non-hydrogen) atoms. The minimum Gasteiger partial charge on any atom is -0.497 e.